The second-order valence-corrected chi connectivity index (χ2v) is 10.2. The van der Waals surface area contributed by atoms with Crippen molar-refractivity contribution in [3.8, 4) is 0 Å². The third kappa shape index (κ3) is 9.19. The van der Waals surface area contributed by atoms with Crippen molar-refractivity contribution in [1.82, 2.24) is 20.3 Å². The van der Waals surface area contributed by atoms with Crippen LogP contribution in [0.15, 0.2) is 29.3 Å². The van der Waals surface area contributed by atoms with Crippen LogP contribution in [0, 0.1) is 11.7 Å². The molecule has 0 amide bonds. The topological polar surface area (TPSA) is 85.8 Å². The first-order chi connectivity index (χ1) is 14.4. The maximum atomic E-state index is 13.0. The minimum atomic E-state index is -3.26. The second-order valence-electron chi connectivity index (χ2n) is 8.28. The fourth-order valence-electron chi connectivity index (χ4n) is 3.79. The van der Waals surface area contributed by atoms with Gasteiger partial charge in [-0.1, -0.05) is 18.6 Å². The lowest BCUT2D eigenvalue weighted by Crippen LogP contribution is -2.49. The van der Waals surface area contributed by atoms with E-state index in [4.69, 9.17) is 0 Å². The first-order valence-corrected chi connectivity index (χ1v) is 12.5. The van der Waals surface area contributed by atoms with Crippen LogP contribution in [0.1, 0.15) is 37.7 Å². The number of hydrogen-bond donors (Lipinski definition) is 3. The maximum Gasteiger partial charge on any atom is 0.213 e. The van der Waals surface area contributed by atoms with Gasteiger partial charge in [0.1, 0.15) is 5.82 Å². The number of sulfonamides is 1. The van der Waals surface area contributed by atoms with Crippen molar-refractivity contribution in [2.24, 2.45) is 10.9 Å². The molecule has 3 N–H and O–H groups in total. The summed E-state index contributed by atoms with van der Waals surface area (Å²) < 4.78 is 39.9. The predicted octanol–water partition coefficient (Wildman–Crippen LogP) is 2.29. The highest BCUT2D eigenvalue weighted by Gasteiger charge is 2.21. The molecule has 1 saturated carbocycles. The van der Waals surface area contributed by atoms with Gasteiger partial charge in [0.2, 0.25) is 10.0 Å². The van der Waals surface area contributed by atoms with Crippen molar-refractivity contribution in [3.63, 3.8) is 0 Å². The highest BCUT2D eigenvalue weighted by Crippen LogP contribution is 2.25. The van der Waals surface area contributed by atoms with Crippen LogP contribution < -0.4 is 15.4 Å². The number of likely N-dealkylation sites (tertiary alicyclic amines) is 1. The molecule has 0 aromatic heterocycles. The average molecular weight is 568 g/mol. The van der Waals surface area contributed by atoms with Crippen LogP contribution in [-0.4, -0.2) is 64.3 Å². The normalized spacial score (nSPS) is 18.8. The van der Waals surface area contributed by atoms with Crippen LogP contribution in [0.5, 0.6) is 0 Å². The molecule has 3 rings (SSSR count). The van der Waals surface area contributed by atoms with Crippen molar-refractivity contribution < 1.29 is 12.8 Å². The van der Waals surface area contributed by atoms with Crippen LogP contribution in [0.2, 0.25) is 0 Å². The van der Waals surface area contributed by atoms with Crippen molar-refractivity contribution in [3.05, 3.63) is 35.6 Å². The minimum Gasteiger partial charge on any atom is -0.355 e. The van der Waals surface area contributed by atoms with E-state index in [2.05, 4.69) is 25.2 Å². The van der Waals surface area contributed by atoms with Gasteiger partial charge in [0.25, 0.3) is 0 Å². The summed E-state index contributed by atoms with van der Waals surface area (Å²) in [6.45, 7) is 3.61. The first-order valence-electron chi connectivity index (χ1n) is 10.8. The van der Waals surface area contributed by atoms with Gasteiger partial charge in [-0.3, -0.25) is 9.89 Å². The van der Waals surface area contributed by atoms with Crippen LogP contribution in [-0.2, 0) is 16.6 Å². The van der Waals surface area contributed by atoms with Gasteiger partial charge in [0.15, 0.2) is 5.96 Å². The fraction of sp³-hybridized carbons (Fsp3) is 0.667. The van der Waals surface area contributed by atoms with Gasteiger partial charge in [0.05, 0.1) is 5.75 Å². The summed E-state index contributed by atoms with van der Waals surface area (Å²) >= 11 is 0. The van der Waals surface area contributed by atoms with E-state index in [-0.39, 0.29) is 35.5 Å². The Morgan fingerprint density at radius 1 is 1.16 bits per heavy atom. The Morgan fingerprint density at radius 2 is 1.84 bits per heavy atom. The first kappa shape index (κ1) is 26.3. The lowest BCUT2D eigenvalue weighted by atomic mass is 9.86. The van der Waals surface area contributed by atoms with E-state index in [1.807, 2.05) is 12.1 Å². The molecule has 0 radical (unpaired) electrons. The molecule has 0 atom stereocenters. The van der Waals surface area contributed by atoms with Gasteiger partial charge in [-0.05, 0) is 49.3 Å². The Bertz CT molecular complexity index is 794. The summed E-state index contributed by atoms with van der Waals surface area (Å²) in [5, 5.41) is 6.52. The molecule has 1 aliphatic carbocycles. The van der Waals surface area contributed by atoms with Gasteiger partial charge in [-0.25, -0.2) is 17.5 Å². The Kier molecular flexibility index (Phi) is 10.9. The number of nitrogens with zero attached hydrogens (tertiary/aromatic N) is 2. The zero-order valence-electron chi connectivity index (χ0n) is 18.1. The number of piperidine rings is 1. The van der Waals surface area contributed by atoms with E-state index >= 15 is 0 Å². The van der Waals surface area contributed by atoms with Gasteiger partial charge >= 0.3 is 0 Å². The summed E-state index contributed by atoms with van der Waals surface area (Å²) in [6, 6.07) is 6.97. The molecule has 1 aliphatic heterocycles. The van der Waals surface area contributed by atoms with E-state index in [9.17, 15) is 12.8 Å². The number of halogens is 2. The molecule has 1 aromatic carbocycles. The quantitative estimate of drug-likeness (QED) is 0.242. The number of nitrogens with one attached hydrogen (secondary N) is 3. The molecule has 2 aliphatic rings. The standard InChI is InChI=1S/C21H34FN5O2S.HI/c1-23-21(24-11-14-30(28,29)25-15-17-3-2-4-17)26-20-9-12-27(13-10-20)16-18-5-7-19(22)8-6-18;/h5-8,17,20,25H,2-4,9-16H2,1H3,(H2,23,24,26);1H. The van der Waals surface area contributed by atoms with E-state index in [1.54, 1.807) is 7.05 Å². The zero-order chi connectivity index (χ0) is 21.4. The summed E-state index contributed by atoms with van der Waals surface area (Å²) in [5.74, 6) is 0.982. The molecular weight excluding hydrogens is 532 g/mol. The fourth-order valence-corrected chi connectivity index (χ4v) is 4.79. The lowest BCUT2D eigenvalue weighted by molar-refractivity contribution is 0.198. The molecular formula is C21H35FIN5O2S. The number of rotatable bonds is 9. The molecule has 10 heteroatoms. The van der Waals surface area contributed by atoms with Crippen LogP contribution in [0.3, 0.4) is 0 Å². The number of guanidine groups is 1. The van der Waals surface area contributed by atoms with Crippen molar-refractivity contribution in [2.45, 2.75) is 44.7 Å². The average Bonchev–Trinajstić information content (AvgIpc) is 2.69. The van der Waals surface area contributed by atoms with Crippen molar-refractivity contribution in [1.29, 1.82) is 0 Å². The molecule has 1 heterocycles. The summed E-state index contributed by atoms with van der Waals surface area (Å²) in [4.78, 5) is 6.59. The van der Waals surface area contributed by atoms with E-state index < -0.39 is 10.0 Å². The van der Waals surface area contributed by atoms with Crippen LogP contribution in [0.25, 0.3) is 0 Å². The lowest BCUT2D eigenvalue weighted by Gasteiger charge is -2.33. The third-order valence-electron chi connectivity index (χ3n) is 5.95. The molecule has 0 bridgehead atoms. The van der Waals surface area contributed by atoms with Gasteiger partial charge < -0.3 is 10.6 Å². The zero-order valence-corrected chi connectivity index (χ0v) is 21.3. The molecule has 31 heavy (non-hydrogen) atoms. The summed E-state index contributed by atoms with van der Waals surface area (Å²) in [7, 11) is -1.56. The highest BCUT2D eigenvalue weighted by atomic mass is 127. The molecule has 0 spiro atoms. The Labute approximate surface area is 202 Å². The monoisotopic (exact) mass is 567 g/mol. The number of hydrogen-bond acceptors (Lipinski definition) is 4. The third-order valence-corrected chi connectivity index (χ3v) is 7.30. The molecule has 7 nitrogen and oxygen atoms in total. The Morgan fingerprint density at radius 3 is 2.42 bits per heavy atom. The van der Waals surface area contributed by atoms with Gasteiger partial charge in [-0.2, -0.15) is 0 Å². The van der Waals surface area contributed by atoms with Crippen LogP contribution in [0.4, 0.5) is 4.39 Å². The summed E-state index contributed by atoms with van der Waals surface area (Å²) in [5.41, 5.74) is 1.12. The number of benzene rings is 1. The molecule has 176 valence electrons. The maximum absolute atomic E-state index is 13.0. The van der Waals surface area contributed by atoms with E-state index in [1.165, 1.54) is 18.6 Å². The highest BCUT2D eigenvalue weighted by molar-refractivity contribution is 14.0. The predicted molar refractivity (Wildman–Crippen MR) is 134 cm³/mol. The van der Waals surface area contributed by atoms with Crippen LogP contribution >= 0.6 is 24.0 Å². The molecule has 2 fully saturated rings. The van der Waals surface area contributed by atoms with Gasteiger partial charge in [0, 0.05) is 45.8 Å². The minimum absolute atomic E-state index is 0. The van der Waals surface area contributed by atoms with Crippen molar-refractivity contribution >= 4 is 40.0 Å². The Hall–Kier alpha value is -0.980. The number of aliphatic imine (C=N–C) groups is 1. The SMILES string of the molecule is CN=C(NCCS(=O)(=O)NCC1CCC1)NC1CCN(Cc2ccc(F)cc2)CC1.I. The molecule has 1 aromatic rings. The smallest absolute Gasteiger partial charge is 0.213 e. The van der Waals surface area contributed by atoms with E-state index in [0.29, 0.717) is 31.0 Å². The van der Waals surface area contributed by atoms with E-state index in [0.717, 1.165) is 50.9 Å². The van der Waals surface area contributed by atoms with Crippen molar-refractivity contribution in [2.75, 3.05) is 39.0 Å². The Balaban J connectivity index is 0.00000341. The largest absolute Gasteiger partial charge is 0.355 e. The summed E-state index contributed by atoms with van der Waals surface area (Å²) in [6.07, 6.45) is 5.41. The van der Waals surface area contributed by atoms with Gasteiger partial charge in [-0.15, -0.1) is 24.0 Å². The second kappa shape index (κ2) is 12.9. The molecule has 1 saturated heterocycles. The molecule has 0 unspecified atom stereocenters.